The first kappa shape index (κ1) is 30.2. The van der Waals surface area contributed by atoms with Crippen LogP contribution in [0.3, 0.4) is 0 Å². The molecule has 10 atom stereocenters. The lowest BCUT2D eigenvalue weighted by molar-refractivity contribution is -0.346. The largest absolute Gasteiger partial charge is 0.478 e. The fourth-order valence-corrected chi connectivity index (χ4v) is 5.03. The fraction of sp³-hybridized carbons (Fsp3) is 0.692. The monoisotopic (exact) mass is 542 g/mol. The van der Waals surface area contributed by atoms with Crippen molar-refractivity contribution in [3.8, 4) is 0 Å². The Bertz CT molecular complexity index is 954. The van der Waals surface area contributed by atoms with E-state index in [1.54, 1.807) is 13.0 Å². The van der Waals surface area contributed by atoms with Gasteiger partial charge in [0.1, 0.15) is 31.0 Å². The third kappa shape index (κ3) is 6.63. The molecule has 0 spiro atoms. The second kappa shape index (κ2) is 11.8. The van der Waals surface area contributed by atoms with E-state index in [0.717, 1.165) is 6.26 Å². The molecular weight excluding hydrogens is 504 g/mol. The van der Waals surface area contributed by atoms with E-state index in [9.17, 15) is 40.2 Å². The van der Waals surface area contributed by atoms with Crippen molar-refractivity contribution in [2.24, 2.45) is 11.8 Å². The number of fused-ring (bicyclic) bond motifs is 1. The molecule has 1 saturated carbocycles. The number of aliphatic carboxylic acids is 1. The van der Waals surface area contributed by atoms with Crippen molar-refractivity contribution in [3.63, 3.8) is 0 Å². The fourth-order valence-electron chi connectivity index (χ4n) is 5.03. The van der Waals surface area contributed by atoms with Crippen LogP contribution in [-0.4, -0.2) is 97.4 Å². The Morgan fingerprint density at radius 2 is 1.92 bits per heavy atom. The summed E-state index contributed by atoms with van der Waals surface area (Å²) < 4.78 is 22.1. The highest BCUT2D eigenvalue weighted by Crippen LogP contribution is 2.49. The number of hydrogen-bond acceptors (Lipinski definition) is 11. The average molecular weight is 543 g/mol. The van der Waals surface area contributed by atoms with Crippen LogP contribution in [-0.2, 0) is 28.5 Å². The third-order valence-corrected chi connectivity index (χ3v) is 7.56. The number of carbonyl (C=O) groups is 2. The van der Waals surface area contributed by atoms with E-state index in [-0.39, 0.29) is 11.1 Å². The first-order chi connectivity index (χ1) is 17.7. The summed E-state index contributed by atoms with van der Waals surface area (Å²) in [4.78, 5) is 24.0. The molecule has 12 heteroatoms. The minimum absolute atomic E-state index is 0.00508. The Kier molecular flexibility index (Phi) is 9.40. The van der Waals surface area contributed by atoms with Crippen molar-refractivity contribution in [2.45, 2.75) is 94.7 Å². The number of rotatable bonds is 10. The third-order valence-electron chi connectivity index (χ3n) is 7.56. The molecule has 6 N–H and O–H groups in total. The Labute approximate surface area is 220 Å². The van der Waals surface area contributed by atoms with Gasteiger partial charge in [-0.3, -0.25) is 0 Å². The number of carbonyl (C=O) groups excluding carboxylic acids is 1. The Morgan fingerprint density at radius 3 is 2.55 bits per heavy atom. The van der Waals surface area contributed by atoms with Crippen LogP contribution in [0.4, 0.5) is 0 Å². The molecule has 38 heavy (non-hydrogen) atoms. The molecule has 0 aromatic heterocycles. The summed E-state index contributed by atoms with van der Waals surface area (Å²) >= 11 is 0. The minimum atomic E-state index is -1.72. The maximum atomic E-state index is 12.4. The zero-order valence-corrected chi connectivity index (χ0v) is 21.7. The number of ether oxygens (including phenoxy) is 4. The predicted octanol–water partition coefficient (Wildman–Crippen LogP) is 0.119. The molecule has 214 valence electrons. The highest BCUT2D eigenvalue weighted by molar-refractivity contribution is 5.88. The second-order valence-electron chi connectivity index (χ2n) is 10.6. The molecule has 0 aromatic carbocycles. The van der Waals surface area contributed by atoms with E-state index in [4.69, 9.17) is 18.9 Å². The van der Waals surface area contributed by atoms with Crippen molar-refractivity contribution in [3.05, 3.63) is 36.1 Å². The van der Waals surface area contributed by atoms with E-state index in [2.05, 4.69) is 6.58 Å². The van der Waals surface area contributed by atoms with Gasteiger partial charge in [0, 0.05) is 11.5 Å². The summed E-state index contributed by atoms with van der Waals surface area (Å²) in [6.45, 7) is 7.73. The number of esters is 1. The molecule has 3 rings (SSSR count). The van der Waals surface area contributed by atoms with Crippen molar-refractivity contribution >= 4 is 11.9 Å². The molecule has 1 aliphatic carbocycles. The second-order valence-corrected chi connectivity index (χ2v) is 10.6. The van der Waals surface area contributed by atoms with Crippen molar-refractivity contribution < 1.29 is 59.2 Å². The lowest BCUT2D eigenvalue weighted by atomic mass is 9.81. The number of allylic oxidation sites excluding steroid dienone is 1. The average Bonchev–Trinajstić information content (AvgIpc) is 3.18. The molecule has 0 radical (unpaired) electrons. The van der Waals surface area contributed by atoms with Gasteiger partial charge in [-0.1, -0.05) is 12.2 Å². The smallest absolute Gasteiger partial charge is 0.334 e. The van der Waals surface area contributed by atoms with Gasteiger partial charge in [-0.2, -0.15) is 0 Å². The SMILES string of the molecule is C=CC(C)(O)CC/C=C(\C)C(=O)OC[C@H]1O[C@@H](OC2OC=C(C(=O)O)[C@H]3CC[C@](C)(O)[C@@H]23)[C@H](O)[C@@H](O)[C@@H]1O. The quantitative estimate of drug-likeness (QED) is 0.124. The van der Waals surface area contributed by atoms with E-state index in [1.807, 2.05) is 0 Å². The van der Waals surface area contributed by atoms with Crippen LogP contribution in [0.15, 0.2) is 36.1 Å². The molecule has 2 aliphatic heterocycles. The molecule has 12 nitrogen and oxygen atoms in total. The van der Waals surface area contributed by atoms with Crippen LogP contribution in [0.5, 0.6) is 0 Å². The van der Waals surface area contributed by atoms with Crippen molar-refractivity contribution in [2.75, 3.05) is 6.61 Å². The predicted molar refractivity (Wildman–Crippen MR) is 130 cm³/mol. The molecule has 0 amide bonds. The van der Waals surface area contributed by atoms with E-state index in [1.165, 1.54) is 19.9 Å². The molecule has 3 aliphatic rings. The first-order valence-corrected chi connectivity index (χ1v) is 12.5. The van der Waals surface area contributed by atoms with Gasteiger partial charge in [0.2, 0.25) is 6.29 Å². The van der Waals surface area contributed by atoms with E-state index >= 15 is 0 Å². The Hall–Kier alpha value is -2.32. The summed E-state index contributed by atoms with van der Waals surface area (Å²) in [7, 11) is 0. The molecule has 2 unspecified atom stereocenters. The topological polar surface area (TPSA) is 192 Å². The Balaban J connectivity index is 1.65. The maximum absolute atomic E-state index is 12.4. The zero-order chi connectivity index (χ0) is 28.4. The molecule has 0 aromatic rings. The number of aliphatic hydroxyl groups is 5. The van der Waals surface area contributed by atoms with Gasteiger partial charge in [0.25, 0.3) is 0 Å². The number of aliphatic hydroxyl groups excluding tert-OH is 3. The standard InChI is InChI=1S/C26H38O12/c1-5-25(3,33)9-6-7-13(2)22(32)35-12-16-18(27)19(28)20(29)24(37-16)38-23-17-14(8-10-26(17,4)34)15(11-36-23)21(30)31/h5,7,11,14,16-20,23-24,27-29,33-34H,1,6,8-10,12H2,2-4H3,(H,30,31)/b13-7+/t14-,16-,17-,18-,19+,20-,23?,24+,25?,26+/m1/s1. The van der Waals surface area contributed by atoms with Gasteiger partial charge in [0.15, 0.2) is 6.29 Å². The van der Waals surface area contributed by atoms with Crippen LogP contribution in [0, 0.1) is 11.8 Å². The van der Waals surface area contributed by atoms with Crippen molar-refractivity contribution in [1.29, 1.82) is 0 Å². The molecule has 2 fully saturated rings. The summed E-state index contributed by atoms with van der Waals surface area (Å²) in [5.41, 5.74) is -2.16. The molecule has 0 bridgehead atoms. The van der Waals surface area contributed by atoms with Crippen LogP contribution < -0.4 is 0 Å². The summed E-state index contributed by atoms with van der Waals surface area (Å²) in [5, 5.41) is 61.6. The Morgan fingerprint density at radius 1 is 1.24 bits per heavy atom. The van der Waals surface area contributed by atoms with Gasteiger partial charge < -0.3 is 49.6 Å². The number of carboxylic acids is 1. The first-order valence-electron chi connectivity index (χ1n) is 12.5. The van der Waals surface area contributed by atoms with Gasteiger partial charge in [-0.05, 0) is 46.5 Å². The summed E-state index contributed by atoms with van der Waals surface area (Å²) in [6.07, 6.45) is -3.65. The highest BCUT2D eigenvalue weighted by Gasteiger charge is 2.56. The van der Waals surface area contributed by atoms with E-state index < -0.39 is 78.6 Å². The van der Waals surface area contributed by atoms with Gasteiger partial charge in [0.05, 0.1) is 29.0 Å². The molecule has 1 saturated heterocycles. The van der Waals surface area contributed by atoms with E-state index in [0.29, 0.717) is 25.7 Å². The minimum Gasteiger partial charge on any atom is -0.478 e. The van der Waals surface area contributed by atoms with Crippen LogP contribution in [0.2, 0.25) is 0 Å². The zero-order valence-electron chi connectivity index (χ0n) is 21.7. The summed E-state index contributed by atoms with van der Waals surface area (Å²) in [5.74, 6) is -3.26. The highest BCUT2D eigenvalue weighted by atomic mass is 16.8. The van der Waals surface area contributed by atoms with Gasteiger partial charge >= 0.3 is 11.9 Å². The van der Waals surface area contributed by atoms with Gasteiger partial charge in [-0.25, -0.2) is 9.59 Å². The van der Waals surface area contributed by atoms with Crippen LogP contribution in [0.1, 0.15) is 46.5 Å². The number of hydrogen-bond donors (Lipinski definition) is 6. The van der Waals surface area contributed by atoms with Crippen LogP contribution in [0.25, 0.3) is 0 Å². The van der Waals surface area contributed by atoms with Gasteiger partial charge in [-0.15, -0.1) is 6.58 Å². The lowest BCUT2D eigenvalue weighted by Gasteiger charge is -2.44. The normalized spacial score (nSPS) is 38.8. The van der Waals surface area contributed by atoms with Crippen molar-refractivity contribution in [1.82, 2.24) is 0 Å². The lowest BCUT2D eigenvalue weighted by Crippen LogP contribution is -2.61. The molecular formula is C26H38O12. The number of carboxylic acid groups (broad SMARTS) is 1. The summed E-state index contributed by atoms with van der Waals surface area (Å²) in [6, 6.07) is 0. The maximum Gasteiger partial charge on any atom is 0.334 e. The molecule has 2 heterocycles. The van der Waals surface area contributed by atoms with Crippen LogP contribution >= 0.6 is 0 Å².